The van der Waals surface area contributed by atoms with Gasteiger partial charge in [0.2, 0.25) is 5.91 Å². The number of carbonyl (C=O) groups is 2. The fourth-order valence-electron chi connectivity index (χ4n) is 1.72. The van der Waals surface area contributed by atoms with Gasteiger partial charge < -0.3 is 10.6 Å². The SMILES string of the molecule is O=C(CNC(=O)c1ccccc1I)Nc1ccc(F)c(F)c1F. The third-order valence-corrected chi connectivity index (χ3v) is 3.78. The van der Waals surface area contributed by atoms with Crippen LogP contribution in [0.1, 0.15) is 10.4 Å². The number of amides is 2. The van der Waals surface area contributed by atoms with Crippen LogP contribution in [0.2, 0.25) is 0 Å². The summed E-state index contributed by atoms with van der Waals surface area (Å²) in [4.78, 5) is 23.6. The average Bonchev–Trinajstić information content (AvgIpc) is 2.53. The smallest absolute Gasteiger partial charge is 0.252 e. The molecule has 0 heterocycles. The van der Waals surface area contributed by atoms with Gasteiger partial charge in [0.1, 0.15) is 0 Å². The van der Waals surface area contributed by atoms with Crippen molar-refractivity contribution < 1.29 is 22.8 Å². The molecule has 8 heteroatoms. The second-order valence-electron chi connectivity index (χ2n) is 4.43. The minimum absolute atomic E-state index is 0.389. The average molecular weight is 434 g/mol. The molecular weight excluding hydrogens is 424 g/mol. The summed E-state index contributed by atoms with van der Waals surface area (Å²) in [5.41, 5.74) is -0.114. The van der Waals surface area contributed by atoms with Crippen molar-refractivity contribution in [2.24, 2.45) is 0 Å². The molecular formula is C15H10F3IN2O2. The van der Waals surface area contributed by atoms with Crippen molar-refractivity contribution in [1.29, 1.82) is 0 Å². The molecule has 23 heavy (non-hydrogen) atoms. The highest BCUT2D eigenvalue weighted by Gasteiger charge is 2.16. The molecule has 2 aromatic carbocycles. The Bertz CT molecular complexity index is 768. The maximum atomic E-state index is 13.4. The van der Waals surface area contributed by atoms with E-state index in [4.69, 9.17) is 0 Å². The summed E-state index contributed by atoms with van der Waals surface area (Å²) < 4.78 is 40.0. The third-order valence-electron chi connectivity index (χ3n) is 2.84. The minimum Gasteiger partial charge on any atom is -0.343 e. The molecule has 120 valence electrons. The van der Waals surface area contributed by atoms with Crippen molar-refractivity contribution in [3.8, 4) is 0 Å². The molecule has 0 aliphatic heterocycles. The first-order valence-corrected chi connectivity index (χ1v) is 7.44. The summed E-state index contributed by atoms with van der Waals surface area (Å²) in [6.45, 7) is -0.442. The van der Waals surface area contributed by atoms with Crippen LogP contribution in [0.3, 0.4) is 0 Å². The van der Waals surface area contributed by atoms with Gasteiger partial charge >= 0.3 is 0 Å². The van der Waals surface area contributed by atoms with Gasteiger partial charge in [-0.3, -0.25) is 9.59 Å². The van der Waals surface area contributed by atoms with Crippen molar-refractivity contribution in [2.75, 3.05) is 11.9 Å². The Balaban J connectivity index is 1.97. The molecule has 2 N–H and O–H groups in total. The van der Waals surface area contributed by atoms with Gasteiger partial charge in [-0.05, 0) is 46.9 Å². The summed E-state index contributed by atoms with van der Waals surface area (Å²) >= 11 is 1.97. The lowest BCUT2D eigenvalue weighted by Gasteiger charge is -2.09. The first-order chi connectivity index (χ1) is 10.9. The zero-order chi connectivity index (χ0) is 17.0. The van der Waals surface area contributed by atoms with Gasteiger partial charge in [0, 0.05) is 3.57 Å². The van der Waals surface area contributed by atoms with Crippen LogP contribution in [-0.4, -0.2) is 18.4 Å². The number of rotatable bonds is 4. The van der Waals surface area contributed by atoms with Crippen molar-refractivity contribution in [2.45, 2.75) is 0 Å². The fraction of sp³-hybridized carbons (Fsp3) is 0.0667. The van der Waals surface area contributed by atoms with E-state index in [1.165, 1.54) is 0 Å². The first-order valence-electron chi connectivity index (χ1n) is 6.36. The maximum Gasteiger partial charge on any atom is 0.252 e. The largest absolute Gasteiger partial charge is 0.343 e. The molecule has 0 saturated carbocycles. The van der Waals surface area contributed by atoms with Crippen LogP contribution in [0.15, 0.2) is 36.4 Å². The summed E-state index contributed by atoms with van der Waals surface area (Å²) in [5, 5.41) is 4.42. The molecule has 2 aromatic rings. The molecule has 4 nitrogen and oxygen atoms in total. The molecule has 0 bridgehead atoms. The molecule has 0 radical (unpaired) electrons. The number of hydrogen-bond acceptors (Lipinski definition) is 2. The molecule has 0 saturated heterocycles. The van der Waals surface area contributed by atoms with Gasteiger partial charge in [-0.15, -0.1) is 0 Å². The van der Waals surface area contributed by atoms with E-state index in [1.807, 2.05) is 22.6 Å². The van der Waals surface area contributed by atoms with Crippen molar-refractivity contribution in [3.05, 3.63) is 63.0 Å². The van der Waals surface area contributed by atoms with Crippen molar-refractivity contribution in [1.82, 2.24) is 5.32 Å². The van der Waals surface area contributed by atoms with Crippen LogP contribution < -0.4 is 10.6 Å². The fourth-order valence-corrected chi connectivity index (χ4v) is 2.35. The number of hydrogen-bond donors (Lipinski definition) is 2. The molecule has 0 spiro atoms. The van der Waals surface area contributed by atoms with E-state index >= 15 is 0 Å². The van der Waals surface area contributed by atoms with Crippen LogP contribution in [0.5, 0.6) is 0 Å². The Morgan fingerprint density at radius 1 is 1.00 bits per heavy atom. The Hall–Kier alpha value is -2.10. The summed E-state index contributed by atoms with van der Waals surface area (Å²) in [5.74, 6) is -5.77. The molecule has 0 unspecified atom stereocenters. The molecule has 0 fully saturated rings. The number of benzene rings is 2. The van der Waals surface area contributed by atoms with Gasteiger partial charge in [-0.2, -0.15) is 0 Å². The Labute approximate surface area is 143 Å². The van der Waals surface area contributed by atoms with E-state index < -0.39 is 41.5 Å². The van der Waals surface area contributed by atoms with Crippen LogP contribution in [-0.2, 0) is 4.79 Å². The molecule has 2 amide bonds. The molecule has 2 rings (SSSR count). The van der Waals surface area contributed by atoms with E-state index in [0.717, 1.165) is 6.07 Å². The van der Waals surface area contributed by atoms with E-state index in [0.29, 0.717) is 15.2 Å². The van der Waals surface area contributed by atoms with Crippen LogP contribution in [0.4, 0.5) is 18.9 Å². The zero-order valence-corrected chi connectivity index (χ0v) is 13.7. The Kier molecular flexibility index (Phi) is 5.59. The van der Waals surface area contributed by atoms with Crippen LogP contribution >= 0.6 is 22.6 Å². The number of carbonyl (C=O) groups excluding carboxylic acids is 2. The van der Waals surface area contributed by atoms with Crippen molar-refractivity contribution in [3.63, 3.8) is 0 Å². The van der Waals surface area contributed by atoms with E-state index in [2.05, 4.69) is 10.6 Å². The van der Waals surface area contributed by atoms with Gasteiger partial charge in [0.15, 0.2) is 17.5 Å². The zero-order valence-electron chi connectivity index (χ0n) is 11.5. The molecule has 0 atom stereocenters. The lowest BCUT2D eigenvalue weighted by Crippen LogP contribution is -2.33. The van der Waals surface area contributed by atoms with Crippen molar-refractivity contribution >= 4 is 40.1 Å². The molecule has 0 aromatic heterocycles. The second kappa shape index (κ2) is 7.44. The summed E-state index contributed by atoms with van der Waals surface area (Å²) in [6.07, 6.45) is 0. The quantitative estimate of drug-likeness (QED) is 0.575. The third kappa shape index (κ3) is 4.21. The predicted molar refractivity (Wildman–Crippen MR) is 86.4 cm³/mol. The van der Waals surface area contributed by atoms with E-state index in [1.54, 1.807) is 24.3 Å². The highest BCUT2D eigenvalue weighted by Crippen LogP contribution is 2.19. The van der Waals surface area contributed by atoms with Crippen LogP contribution in [0, 0.1) is 21.0 Å². The lowest BCUT2D eigenvalue weighted by atomic mass is 10.2. The number of anilines is 1. The molecule has 0 aliphatic rings. The highest BCUT2D eigenvalue weighted by molar-refractivity contribution is 14.1. The summed E-state index contributed by atoms with van der Waals surface area (Å²) in [6, 6.07) is 8.34. The Morgan fingerprint density at radius 3 is 2.39 bits per heavy atom. The van der Waals surface area contributed by atoms with E-state index in [9.17, 15) is 22.8 Å². The predicted octanol–water partition coefficient (Wildman–Crippen LogP) is 3.08. The Morgan fingerprint density at radius 2 is 1.70 bits per heavy atom. The summed E-state index contributed by atoms with van der Waals surface area (Å²) in [7, 11) is 0. The van der Waals surface area contributed by atoms with Gasteiger partial charge in [-0.1, -0.05) is 12.1 Å². The van der Waals surface area contributed by atoms with Gasteiger partial charge in [0.25, 0.3) is 5.91 Å². The number of halogens is 4. The first kappa shape index (κ1) is 17.3. The lowest BCUT2D eigenvalue weighted by molar-refractivity contribution is -0.115. The molecule has 0 aliphatic carbocycles. The standard InChI is InChI=1S/C15H10F3IN2O2/c16-9-5-6-11(14(18)13(9)17)21-12(22)7-20-15(23)8-3-1-2-4-10(8)19/h1-6H,7H2,(H,20,23)(H,21,22). The van der Waals surface area contributed by atoms with Crippen LogP contribution in [0.25, 0.3) is 0 Å². The second-order valence-corrected chi connectivity index (χ2v) is 5.60. The highest BCUT2D eigenvalue weighted by atomic mass is 127. The number of nitrogens with one attached hydrogen (secondary N) is 2. The van der Waals surface area contributed by atoms with Gasteiger partial charge in [0.05, 0.1) is 17.8 Å². The maximum absolute atomic E-state index is 13.4. The monoisotopic (exact) mass is 434 g/mol. The normalized spacial score (nSPS) is 10.3. The minimum atomic E-state index is -1.68. The van der Waals surface area contributed by atoms with E-state index in [-0.39, 0.29) is 0 Å². The topological polar surface area (TPSA) is 58.2 Å². The van der Waals surface area contributed by atoms with Gasteiger partial charge in [-0.25, -0.2) is 13.2 Å².